The van der Waals surface area contributed by atoms with Crippen molar-refractivity contribution in [1.82, 2.24) is 9.97 Å². The summed E-state index contributed by atoms with van der Waals surface area (Å²) >= 11 is 9.56. The lowest BCUT2D eigenvalue weighted by atomic mass is 10.1. The van der Waals surface area contributed by atoms with Gasteiger partial charge in [0, 0.05) is 11.5 Å². The van der Waals surface area contributed by atoms with Crippen LogP contribution in [0.3, 0.4) is 0 Å². The number of halogens is 2. The highest BCUT2D eigenvalue weighted by molar-refractivity contribution is 9.10. The fraction of sp³-hybridized carbons (Fsp3) is 0.231. The molecule has 0 aliphatic rings. The van der Waals surface area contributed by atoms with Crippen LogP contribution >= 0.6 is 27.5 Å². The van der Waals surface area contributed by atoms with E-state index in [4.69, 9.17) is 11.6 Å². The van der Waals surface area contributed by atoms with Crippen LogP contribution in [0.25, 0.3) is 11.3 Å². The van der Waals surface area contributed by atoms with Gasteiger partial charge in [0.25, 0.3) is 0 Å². The van der Waals surface area contributed by atoms with Gasteiger partial charge in [-0.1, -0.05) is 55.8 Å². The van der Waals surface area contributed by atoms with Crippen LogP contribution in [0.4, 0.5) is 0 Å². The van der Waals surface area contributed by atoms with Gasteiger partial charge in [-0.25, -0.2) is 9.97 Å². The number of benzene rings is 1. The van der Waals surface area contributed by atoms with Gasteiger partial charge >= 0.3 is 0 Å². The summed E-state index contributed by atoms with van der Waals surface area (Å²) in [5, 5.41) is 0.461. The van der Waals surface area contributed by atoms with E-state index in [0.717, 1.165) is 21.6 Å². The van der Waals surface area contributed by atoms with E-state index in [9.17, 15) is 0 Å². The fourth-order valence-corrected chi connectivity index (χ4v) is 2.06. The Morgan fingerprint density at radius 3 is 2.35 bits per heavy atom. The molecule has 0 aliphatic heterocycles. The Balaban J connectivity index is 2.61. The van der Waals surface area contributed by atoms with Gasteiger partial charge < -0.3 is 0 Å². The Labute approximate surface area is 114 Å². The minimum Gasteiger partial charge on any atom is -0.231 e. The third-order valence-electron chi connectivity index (χ3n) is 2.39. The van der Waals surface area contributed by atoms with Crippen LogP contribution in [0.2, 0.25) is 5.15 Å². The van der Waals surface area contributed by atoms with Crippen LogP contribution in [0.1, 0.15) is 25.6 Å². The lowest BCUT2D eigenvalue weighted by molar-refractivity contribution is 0.774. The minimum absolute atomic E-state index is 0.253. The molecule has 0 bridgehead atoms. The maximum atomic E-state index is 6.11. The van der Waals surface area contributed by atoms with E-state index in [1.54, 1.807) is 0 Å². The van der Waals surface area contributed by atoms with Crippen LogP contribution in [-0.4, -0.2) is 9.97 Å². The molecule has 0 amide bonds. The Bertz CT molecular complexity index is 526. The monoisotopic (exact) mass is 310 g/mol. The molecule has 0 saturated carbocycles. The first kappa shape index (κ1) is 12.5. The number of rotatable bonds is 2. The number of hydrogen-bond donors (Lipinski definition) is 0. The predicted molar refractivity (Wildman–Crippen MR) is 74.3 cm³/mol. The van der Waals surface area contributed by atoms with Gasteiger partial charge in [0.2, 0.25) is 0 Å². The second-order valence-corrected chi connectivity index (χ2v) is 5.21. The standard InChI is InChI=1S/C13H12BrClN2/c1-8(2)13-16-11(10(14)12(15)17-13)9-6-4-3-5-7-9/h3-8H,1-2H3. The molecule has 0 radical (unpaired) electrons. The Kier molecular flexibility index (Phi) is 3.79. The Morgan fingerprint density at radius 1 is 1.12 bits per heavy atom. The van der Waals surface area contributed by atoms with Crippen LogP contribution < -0.4 is 0 Å². The summed E-state index contributed by atoms with van der Waals surface area (Å²) in [7, 11) is 0. The molecule has 1 aromatic carbocycles. The van der Waals surface area contributed by atoms with Crippen molar-refractivity contribution in [2.75, 3.05) is 0 Å². The van der Waals surface area contributed by atoms with Crippen molar-refractivity contribution in [2.45, 2.75) is 19.8 Å². The highest BCUT2D eigenvalue weighted by Gasteiger charge is 2.13. The van der Waals surface area contributed by atoms with E-state index in [2.05, 4.69) is 25.9 Å². The van der Waals surface area contributed by atoms with Crippen molar-refractivity contribution in [2.24, 2.45) is 0 Å². The molecule has 2 aromatic rings. The van der Waals surface area contributed by atoms with Crippen molar-refractivity contribution in [3.05, 3.63) is 45.8 Å². The zero-order valence-electron chi connectivity index (χ0n) is 9.61. The summed E-state index contributed by atoms with van der Waals surface area (Å²) in [6, 6.07) is 9.95. The number of hydrogen-bond acceptors (Lipinski definition) is 2. The third kappa shape index (κ3) is 2.67. The van der Waals surface area contributed by atoms with Crippen molar-refractivity contribution >= 4 is 27.5 Å². The van der Waals surface area contributed by atoms with Crippen LogP contribution in [0.5, 0.6) is 0 Å². The highest BCUT2D eigenvalue weighted by atomic mass is 79.9. The van der Waals surface area contributed by atoms with E-state index in [0.29, 0.717) is 5.15 Å². The molecule has 4 heteroatoms. The molecule has 0 fully saturated rings. The van der Waals surface area contributed by atoms with Gasteiger partial charge in [0.15, 0.2) is 0 Å². The largest absolute Gasteiger partial charge is 0.231 e. The third-order valence-corrected chi connectivity index (χ3v) is 3.64. The van der Waals surface area contributed by atoms with Crippen molar-refractivity contribution < 1.29 is 0 Å². The molecule has 0 atom stereocenters. The predicted octanol–water partition coefficient (Wildman–Crippen LogP) is 4.68. The summed E-state index contributed by atoms with van der Waals surface area (Å²) in [5.41, 5.74) is 1.87. The normalized spacial score (nSPS) is 10.9. The van der Waals surface area contributed by atoms with Gasteiger partial charge in [-0.15, -0.1) is 0 Å². The average molecular weight is 312 g/mol. The molecule has 0 N–H and O–H groups in total. The Morgan fingerprint density at radius 2 is 1.76 bits per heavy atom. The lowest BCUT2D eigenvalue weighted by Crippen LogP contribution is -2.00. The molecule has 2 nitrogen and oxygen atoms in total. The molecule has 17 heavy (non-hydrogen) atoms. The maximum absolute atomic E-state index is 6.11. The highest BCUT2D eigenvalue weighted by Crippen LogP contribution is 2.32. The van der Waals surface area contributed by atoms with E-state index in [1.807, 2.05) is 44.2 Å². The molecular formula is C13H12BrClN2. The first-order chi connectivity index (χ1) is 8.09. The summed E-state index contributed by atoms with van der Waals surface area (Å²) < 4.78 is 0.745. The average Bonchev–Trinajstić information content (AvgIpc) is 2.33. The molecule has 0 saturated heterocycles. The van der Waals surface area contributed by atoms with E-state index in [-0.39, 0.29) is 5.92 Å². The van der Waals surface area contributed by atoms with Gasteiger partial charge in [-0.05, 0) is 15.9 Å². The molecule has 0 unspecified atom stereocenters. The van der Waals surface area contributed by atoms with Crippen LogP contribution in [-0.2, 0) is 0 Å². The van der Waals surface area contributed by atoms with Gasteiger partial charge in [0.1, 0.15) is 11.0 Å². The molecular weight excluding hydrogens is 300 g/mol. The zero-order valence-corrected chi connectivity index (χ0v) is 12.0. The van der Waals surface area contributed by atoms with Gasteiger partial charge in [-0.2, -0.15) is 0 Å². The SMILES string of the molecule is CC(C)c1nc(Cl)c(Br)c(-c2ccccc2)n1. The summed E-state index contributed by atoms with van der Waals surface area (Å²) in [4.78, 5) is 8.83. The summed E-state index contributed by atoms with van der Waals surface area (Å²) in [5.74, 6) is 1.01. The van der Waals surface area contributed by atoms with Crippen LogP contribution in [0.15, 0.2) is 34.8 Å². The fourth-order valence-electron chi connectivity index (χ4n) is 1.48. The van der Waals surface area contributed by atoms with Gasteiger partial charge in [0.05, 0.1) is 10.2 Å². The first-order valence-corrected chi connectivity index (χ1v) is 6.55. The Hall–Kier alpha value is -0.930. The maximum Gasteiger partial charge on any atom is 0.147 e. The summed E-state index contributed by atoms with van der Waals surface area (Å²) in [6.07, 6.45) is 0. The summed E-state index contributed by atoms with van der Waals surface area (Å²) in [6.45, 7) is 4.10. The molecule has 1 heterocycles. The van der Waals surface area contributed by atoms with E-state index < -0.39 is 0 Å². The van der Waals surface area contributed by atoms with Crippen LogP contribution in [0, 0.1) is 0 Å². The quantitative estimate of drug-likeness (QED) is 0.752. The van der Waals surface area contributed by atoms with Crippen molar-refractivity contribution in [3.8, 4) is 11.3 Å². The lowest BCUT2D eigenvalue weighted by Gasteiger charge is -2.10. The second kappa shape index (κ2) is 5.15. The van der Waals surface area contributed by atoms with Gasteiger partial charge in [-0.3, -0.25) is 0 Å². The molecule has 2 rings (SSSR count). The van der Waals surface area contributed by atoms with E-state index in [1.165, 1.54) is 0 Å². The zero-order chi connectivity index (χ0) is 12.4. The molecule has 1 aromatic heterocycles. The molecule has 0 spiro atoms. The minimum atomic E-state index is 0.253. The van der Waals surface area contributed by atoms with Crippen molar-refractivity contribution in [3.63, 3.8) is 0 Å². The smallest absolute Gasteiger partial charge is 0.147 e. The van der Waals surface area contributed by atoms with E-state index >= 15 is 0 Å². The number of aromatic nitrogens is 2. The van der Waals surface area contributed by atoms with Crippen molar-refractivity contribution in [1.29, 1.82) is 0 Å². The molecule has 88 valence electrons. The number of nitrogens with zero attached hydrogens (tertiary/aromatic N) is 2. The first-order valence-electron chi connectivity index (χ1n) is 5.38. The topological polar surface area (TPSA) is 25.8 Å². The molecule has 0 aliphatic carbocycles. The second-order valence-electron chi connectivity index (χ2n) is 4.06.